The van der Waals surface area contributed by atoms with E-state index in [0.29, 0.717) is 44.6 Å². The van der Waals surface area contributed by atoms with Crippen molar-refractivity contribution in [2.75, 3.05) is 38.1 Å². The van der Waals surface area contributed by atoms with Gasteiger partial charge in [0.25, 0.3) is 0 Å². The van der Waals surface area contributed by atoms with Gasteiger partial charge in [0.1, 0.15) is 0 Å². The summed E-state index contributed by atoms with van der Waals surface area (Å²) in [5, 5.41) is 2.81. The van der Waals surface area contributed by atoms with Gasteiger partial charge in [-0.15, -0.1) is 0 Å². The Kier molecular flexibility index (Phi) is 5.47. The van der Waals surface area contributed by atoms with Gasteiger partial charge in [0, 0.05) is 38.3 Å². The van der Waals surface area contributed by atoms with E-state index in [-0.39, 0.29) is 23.9 Å². The topological polar surface area (TPSA) is 96.0 Å². The lowest BCUT2D eigenvalue weighted by Crippen LogP contribution is -2.50. The van der Waals surface area contributed by atoms with Crippen molar-refractivity contribution in [1.82, 2.24) is 9.21 Å². The SMILES string of the molecule is CCOC(=O)N1CCN(S(=O)(=O)c2ccc3c(c2)CCCC(=O)N3)CC1. The molecule has 1 saturated heterocycles. The quantitative estimate of drug-likeness (QED) is 0.854. The molecule has 0 radical (unpaired) electrons. The third-order valence-corrected chi connectivity index (χ3v) is 6.50. The van der Waals surface area contributed by atoms with Gasteiger partial charge in [-0.2, -0.15) is 4.31 Å². The maximum atomic E-state index is 12.9. The van der Waals surface area contributed by atoms with Gasteiger partial charge in [-0.25, -0.2) is 13.2 Å². The number of rotatable bonds is 3. The van der Waals surface area contributed by atoms with E-state index >= 15 is 0 Å². The predicted molar refractivity (Wildman–Crippen MR) is 95.4 cm³/mol. The third-order valence-electron chi connectivity index (χ3n) is 4.60. The fourth-order valence-corrected chi connectivity index (χ4v) is 4.66. The standard InChI is InChI=1S/C17H23N3O5S/c1-2-25-17(22)19-8-10-20(11-9-19)26(23,24)14-6-7-15-13(12-14)4-3-5-16(21)18-15/h6-7,12H,2-5,8-11H2,1H3,(H,18,21). The van der Waals surface area contributed by atoms with Crippen molar-refractivity contribution in [1.29, 1.82) is 0 Å². The summed E-state index contributed by atoms with van der Waals surface area (Å²) >= 11 is 0. The second kappa shape index (κ2) is 7.63. The van der Waals surface area contributed by atoms with Crippen molar-refractivity contribution in [2.45, 2.75) is 31.1 Å². The minimum atomic E-state index is -3.64. The Morgan fingerprint density at radius 1 is 1.19 bits per heavy atom. The second-order valence-corrected chi connectivity index (χ2v) is 8.25. The van der Waals surface area contributed by atoms with E-state index in [1.165, 1.54) is 15.3 Å². The molecule has 2 aliphatic rings. The summed E-state index contributed by atoms with van der Waals surface area (Å²) in [5.41, 5.74) is 1.51. The minimum absolute atomic E-state index is 0.0468. The first-order chi connectivity index (χ1) is 12.4. The molecule has 0 aromatic heterocycles. The molecule has 0 saturated carbocycles. The molecule has 0 bridgehead atoms. The average molecular weight is 381 g/mol. The normalized spacial score (nSPS) is 18.7. The number of sulfonamides is 1. The molecule has 1 aromatic rings. The molecular weight excluding hydrogens is 358 g/mol. The highest BCUT2D eigenvalue weighted by Gasteiger charge is 2.31. The third kappa shape index (κ3) is 3.83. The van der Waals surface area contributed by atoms with Gasteiger partial charge in [0.05, 0.1) is 11.5 Å². The molecule has 2 heterocycles. The molecule has 0 unspecified atom stereocenters. The Labute approximate surface area is 153 Å². The van der Waals surface area contributed by atoms with Gasteiger partial charge in [-0.05, 0) is 43.5 Å². The maximum Gasteiger partial charge on any atom is 0.409 e. The number of fused-ring (bicyclic) bond motifs is 1. The van der Waals surface area contributed by atoms with Gasteiger partial charge in [-0.3, -0.25) is 4.79 Å². The summed E-state index contributed by atoms with van der Waals surface area (Å²) in [5.74, 6) is -0.0468. The minimum Gasteiger partial charge on any atom is -0.450 e. The molecule has 0 atom stereocenters. The predicted octanol–water partition coefficient (Wildman–Crippen LogP) is 1.42. The lowest BCUT2D eigenvalue weighted by atomic mass is 10.1. The van der Waals surface area contributed by atoms with Crippen LogP contribution in [0.1, 0.15) is 25.3 Å². The van der Waals surface area contributed by atoms with E-state index in [1.807, 2.05) is 0 Å². The Balaban J connectivity index is 1.74. The largest absolute Gasteiger partial charge is 0.450 e. The summed E-state index contributed by atoms with van der Waals surface area (Å²) in [7, 11) is -3.64. The molecule has 3 rings (SSSR count). The van der Waals surface area contributed by atoms with Crippen molar-refractivity contribution in [2.24, 2.45) is 0 Å². The Bertz CT molecular complexity index is 801. The van der Waals surface area contributed by atoms with Gasteiger partial charge in [0.2, 0.25) is 15.9 Å². The van der Waals surface area contributed by atoms with Crippen molar-refractivity contribution in [3.8, 4) is 0 Å². The van der Waals surface area contributed by atoms with E-state index in [2.05, 4.69) is 5.32 Å². The molecule has 2 aliphatic heterocycles. The number of aryl methyl sites for hydroxylation is 1. The van der Waals surface area contributed by atoms with Crippen LogP contribution in [0.3, 0.4) is 0 Å². The number of anilines is 1. The summed E-state index contributed by atoms with van der Waals surface area (Å²) in [4.78, 5) is 25.1. The first kappa shape index (κ1) is 18.7. The van der Waals surface area contributed by atoms with Crippen LogP contribution in [-0.4, -0.2) is 62.4 Å². The molecule has 26 heavy (non-hydrogen) atoms. The molecule has 1 aromatic carbocycles. The first-order valence-corrected chi connectivity index (χ1v) is 10.2. The Morgan fingerprint density at radius 2 is 1.92 bits per heavy atom. The van der Waals surface area contributed by atoms with Crippen LogP contribution in [0.2, 0.25) is 0 Å². The van der Waals surface area contributed by atoms with Crippen LogP contribution in [0.4, 0.5) is 10.5 Å². The number of hydrogen-bond donors (Lipinski definition) is 1. The van der Waals surface area contributed by atoms with Crippen LogP contribution in [0.25, 0.3) is 0 Å². The highest BCUT2D eigenvalue weighted by molar-refractivity contribution is 7.89. The molecule has 2 amide bonds. The van der Waals surface area contributed by atoms with Gasteiger partial charge < -0.3 is 15.0 Å². The van der Waals surface area contributed by atoms with Gasteiger partial charge >= 0.3 is 6.09 Å². The number of piperazine rings is 1. The smallest absolute Gasteiger partial charge is 0.409 e. The van der Waals surface area contributed by atoms with Crippen LogP contribution in [0.5, 0.6) is 0 Å². The highest BCUT2D eigenvalue weighted by Crippen LogP contribution is 2.27. The van der Waals surface area contributed by atoms with Crippen molar-refractivity contribution in [3.05, 3.63) is 23.8 Å². The molecule has 1 fully saturated rings. The van der Waals surface area contributed by atoms with Crippen molar-refractivity contribution >= 4 is 27.7 Å². The summed E-state index contributed by atoms with van der Waals surface area (Å²) < 4.78 is 32.2. The van der Waals surface area contributed by atoms with E-state index in [9.17, 15) is 18.0 Å². The van der Waals surface area contributed by atoms with Crippen LogP contribution in [0.15, 0.2) is 23.1 Å². The van der Waals surface area contributed by atoms with Crippen molar-refractivity contribution < 1.29 is 22.7 Å². The summed E-state index contributed by atoms with van der Waals surface area (Å²) in [6.45, 7) is 3.10. The second-order valence-electron chi connectivity index (χ2n) is 6.31. The lowest BCUT2D eigenvalue weighted by molar-refractivity contribution is -0.116. The average Bonchev–Trinajstić information content (AvgIpc) is 2.81. The highest BCUT2D eigenvalue weighted by atomic mass is 32.2. The fourth-order valence-electron chi connectivity index (χ4n) is 3.19. The molecule has 8 nitrogen and oxygen atoms in total. The number of hydrogen-bond acceptors (Lipinski definition) is 5. The molecule has 9 heteroatoms. The summed E-state index contributed by atoms with van der Waals surface area (Å²) in [6, 6.07) is 4.83. The van der Waals surface area contributed by atoms with Crippen LogP contribution in [-0.2, 0) is 26.0 Å². The number of nitrogens with zero attached hydrogens (tertiary/aromatic N) is 2. The van der Waals surface area contributed by atoms with Crippen LogP contribution in [0, 0.1) is 0 Å². The Morgan fingerprint density at radius 3 is 2.62 bits per heavy atom. The molecule has 0 spiro atoms. The Hall–Kier alpha value is -2.13. The number of ether oxygens (including phenoxy) is 1. The van der Waals surface area contributed by atoms with E-state index in [1.54, 1.807) is 19.1 Å². The summed E-state index contributed by atoms with van der Waals surface area (Å²) in [6.07, 6.45) is 1.38. The van der Waals surface area contributed by atoms with Crippen molar-refractivity contribution in [3.63, 3.8) is 0 Å². The van der Waals surface area contributed by atoms with E-state index in [4.69, 9.17) is 4.74 Å². The first-order valence-electron chi connectivity index (χ1n) is 8.76. The number of carbonyl (C=O) groups is 2. The zero-order valence-electron chi connectivity index (χ0n) is 14.7. The zero-order chi connectivity index (χ0) is 18.7. The van der Waals surface area contributed by atoms with Gasteiger partial charge in [-0.1, -0.05) is 0 Å². The van der Waals surface area contributed by atoms with E-state index in [0.717, 1.165) is 5.56 Å². The fraction of sp³-hybridized carbons (Fsp3) is 0.529. The number of benzene rings is 1. The van der Waals surface area contributed by atoms with Gasteiger partial charge in [0.15, 0.2) is 0 Å². The number of nitrogens with one attached hydrogen (secondary N) is 1. The molecule has 1 N–H and O–H groups in total. The van der Waals surface area contributed by atoms with Crippen LogP contribution >= 0.6 is 0 Å². The van der Waals surface area contributed by atoms with E-state index < -0.39 is 16.1 Å². The maximum absolute atomic E-state index is 12.9. The molecule has 0 aliphatic carbocycles. The number of amides is 2. The molecular formula is C17H23N3O5S. The van der Waals surface area contributed by atoms with Crippen LogP contribution < -0.4 is 5.32 Å². The zero-order valence-corrected chi connectivity index (χ0v) is 15.5. The number of carbonyl (C=O) groups excluding carboxylic acids is 2. The molecule has 142 valence electrons. The lowest BCUT2D eigenvalue weighted by Gasteiger charge is -2.33. The monoisotopic (exact) mass is 381 g/mol.